The van der Waals surface area contributed by atoms with Crippen LogP contribution in [-0.2, 0) is 0 Å². The quantitative estimate of drug-likeness (QED) is 0.883. The Hall–Kier alpha value is -1.39. The van der Waals surface area contributed by atoms with E-state index in [1.807, 2.05) is 23.7 Å². The Morgan fingerprint density at radius 2 is 2.35 bits per heavy atom. The second-order valence-electron chi connectivity index (χ2n) is 3.68. The summed E-state index contributed by atoms with van der Waals surface area (Å²) in [5.74, 6) is 0.876. The first-order valence-electron chi connectivity index (χ1n) is 5.60. The molecule has 17 heavy (non-hydrogen) atoms. The molecule has 0 bridgehead atoms. The molecule has 1 unspecified atom stereocenters. The Kier molecular flexibility index (Phi) is 4.12. The first-order valence-corrected chi connectivity index (χ1v) is 6.55. The summed E-state index contributed by atoms with van der Waals surface area (Å²) in [6, 6.07) is 8.24. The maximum Gasteiger partial charge on any atom is 0.119 e. The van der Waals surface area contributed by atoms with Crippen LogP contribution in [0.3, 0.4) is 0 Å². The lowest BCUT2D eigenvalue weighted by atomic mass is 10.0. The number of aromatic nitrogens is 1. The fourth-order valence-corrected chi connectivity index (χ4v) is 2.36. The number of rotatable bonds is 5. The summed E-state index contributed by atoms with van der Waals surface area (Å²) >= 11 is 1.62. The van der Waals surface area contributed by atoms with Crippen molar-refractivity contribution in [2.45, 2.75) is 13.0 Å². The number of benzene rings is 1. The van der Waals surface area contributed by atoms with Gasteiger partial charge in [0.25, 0.3) is 0 Å². The molecule has 1 N–H and O–H groups in total. The minimum Gasteiger partial charge on any atom is -0.497 e. The molecule has 1 aromatic heterocycles. The molecule has 0 aliphatic carbocycles. The van der Waals surface area contributed by atoms with E-state index in [9.17, 15) is 0 Å². The van der Waals surface area contributed by atoms with Crippen molar-refractivity contribution in [2.24, 2.45) is 0 Å². The van der Waals surface area contributed by atoms with Crippen LogP contribution in [0.25, 0.3) is 0 Å². The largest absolute Gasteiger partial charge is 0.497 e. The standard InChI is InChI=1S/C13H16N2OS/c1-3-14-13(12-8-17-9-15-12)10-5-4-6-11(7-10)16-2/h4-9,13-14H,3H2,1-2H3. The average molecular weight is 248 g/mol. The van der Waals surface area contributed by atoms with Gasteiger partial charge in [0.1, 0.15) is 5.75 Å². The van der Waals surface area contributed by atoms with Crippen molar-refractivity contribution >= 4 is 11.3 Å². The monoisotopic (exact) mass is 248 g/mol. The highest BCUT2D eigenvalue weighted by atomic mass is 32.1. The van der Waals surface area contributed by atoms with Crippen LogP contribution in [0.1, 0.15) is 24.2 Å². The molecule has 2 rings (SSSR count). The molecular formula is C13H16N2OS. The lowest BCUT2D eigenvalue weighted by molar-refractivity contribution is 0.413. The fraction of sp³-hybridized carbons (Fsp3) is 0.308. The summed E-state index contributed by atoms with van der Waals surface area (Å²) < 4.78 is 5.25. The second-order valence-corrected chi connectivity index (χ2v) is 4.40. The van der Waals surface area contributed by atoms with Crippen LogP contribution >= 0.6 is 11.3 Å². The number of nitrogens with one attached hydrogen (secondary N) is 1. The SMILES string of the molecule is CCNC(c1cccc(OC)c1)c1cscn1. The van der Waals surface area contributed by atoms with E-state index in [1.165, 1.54) is 5.56 Å². The van der Waals surface area contributed by atoms with Gasteiger partial charge < -0.3 is 10.1 Å². The van der Waals surface area contributed by atoms with Crippen molar-refractivity contribution < 1.29 is 4.74 Å². The maximum atomic E-state index is 5.25. The van der Waals surface area contributed by atoms with Gasteiger partial charge in [0.2, 0.25) is 0 Å². The Morgan fingerprint density at radius 1 is 1.47 bits per heavy atom. The average Bonchev–Trinajstić information content (AvgIpc) is 2.89. The van der Waals surface area contributed by atoms with Crippen LogP contribution in [0.2, 0.25) is 0 Å². The van der Waals surface area contributed by atoms with E-state index in [0.29, 0.717) is 0 Å². The molecule has 1 atom stereocenters. The van der Waals surface area contributed by atoms with Gasteiger partial charge in [0.05, 0.1) is 24.4 Å². The molecule has 0 aliphatic rings. The number of nitrogens with zero attached hydrogens (tertiary/aromatic N) is 1. The minimum absolute atomic E-state index is 0.140. The van der Waals surface area contributed by atoms with E-state index in [4.69, 9.17) is 4.74 Å². The van der Waals surface area contributed by atoms with E-state index in [-0.39, 0.29) is 6.04 Å². The molecule has 0 saturated carbocycles. The predicted octanol–water partition coefficient (Wildman–Crippen LogP) is 2.85. The zero-order valence-electron chi connectivity index (χ0n) is 10.0. The normalized spacial score (nSPS) is 12.4. The van der Waals surface area contributed by atoms with E-state index >= 15 is 0 Å². The molecule has 1 aromatic carbocycles. The van der Waals surface area contributed by atoms with E-state index < -0.39 is 0 Å². The van der Waals surface area contributed by atoms with Gasteiger partial charge in [-0.1, -0.05) is 19.1 Å². The Bertz CT molecular complexity index is 456. The van der Waals surface area contributed by atoms with Gasteiger partial charge in [0, 0.05) is 5.38 Å². The number of ether oxygens (including phenoxy) is 1. The molecule has 4 heteroatoms. The highest BCUT2D eigenvalue weighted by molar-refractivity contribution is 7.07. The zero-order chi connectivity index (χ0) is 12.1. The lowest BCUT2D eigenvalue weighted by Crippen LogP contribution is -2.22. The third-order valence-electron chi connectivity index (χ3n) is 2.58. The van der Waals surface area contributed by atoms with Crippen molar-refractivity contribution in [3.05, 3.63) is 46.4 Å². The lowest BCUT2D eigenvalue weighted by Gasteiger charge is -2.16. The Morgan fingerprint density at radius 3 is 3.00 bits per heavy atom. The number of thiazole rings is 1. The van der Waals surface area contributed by atoms with Crippen LogP contribution in [0, 0.1) is 0 Å². The summed E-state index contributed by atoms with van der Waals surface area (Å²) in [6.07, 6.45) is 0. The van der Waals surface area contributed by atoms with Crippen molar-refractivity contribution in [1.29, 1.82) is 0 Å². The van der Waals surface area contributed by atoms with Gasteiger partial charge in [-0.15, -0.1) is 11.3 Å². The Labute approximate surface area is 105 Å². The summed E-state index contributed by atoms with van der Waals surface area (Å²) in [7, 11) is 1.68. The number of hydrogen-bond acceptors (Lipinski definition) is 4. The molecule has 1 heterocycles. The van der Waals surface area contributed by atoms with Crippen molar-refractivity contribution in [3.63, 3.8) is 0 Å². The van der Waals surface area contributed by atoms with Gasteiger partial charge in [-0.05, 0) is 24.2 Å². The summed E-state index contributed by atoms with van der Waals surface area (Å²) in [5.41, 5.74) is 4.10. The van der Waals surface area contributed by atoms with E-state index in [1.54, 1.807) is 18.4 Å². The molecular weight excluding hydrogens is 232 g/mol. The second kappa shape index (κ2) is 5.80. The van der Waals surface area contributed by atoms with Crippen molar-refractivity contribution in [2.75, 3.05) is 13.7 Å². The first-order chi connectivity index (χ1) is 8.35. The van der Waals surface area contributed by atoms with Gasteiger partial charge in [-0.3, -0.25) is 0 Å². The molecule has 0 amide bonds. The van der Waals surface area contributed by atoms with Crippen LogP contribution < -0.4 is 10.1 Å². The summed E-state index contributed by atoms with van der Waals surface area (Å²) in [5, 5.41) is 5.52. The third kappa shape index (κ3) is 2.84. The highest BCUT2D eigenvalue weighted by Gasteiger charge is 2.15. The van der Waals surface area contributed by atoms with Gasteiger partial charge >= 0.3 is 0 Å². The fourth-order valence-electron chi connectivity index (χ4n) is 1.78. The van der Waals surface area contributed by atoms with Crippen LogP contribution in [0.15, 0.2) is 35.2 Å². The number of methoxy groups -OCH3 is 1. The van der Waals surface area contributed by atoms with Crippen LogP contribution in [-0.4, -0.2) is 18.6 Å². The number of hydrogen-bond donors (Lipinski definition) is 1. The smallest absolute Gasteiger partial charge is 0.119 e. The molecule has 3 nitrogen and oxygen atoms in total. The predicted molar refractivity (Wildman–Crippen MR) is 70.6 cm³/mol. The topological polar surface area (TPSA) is 34.1 Å². The molecule has 2 aromatic rings. The maximum absolute atomic E-state index is 5.25. The summed E-state index contributed by atoms with van der Waals surface area (Å²) in [4.78, 5) is 4.38. The first kappa shape index (κ1) is 12.1. The molecule has 0 fully saturated rings. The van der Waals surface area contributed by atoms with E-state index in [2.05, 4.69) is 28.7 Å². The molecule has 0 saturated heterocycles. The van der Waals surface area contributed by atoms with Gasteiger partial charge in [-0.2, -0.15) is 0 Å². The minimum atomic E-state index is 0.140. The highest BCUT2D eigenvalue weighted by Crippen LogP contribution is 2.24. The third-order valence-corrected chi connectivity index (χ3v) is 3.19. The van der Waals surface area contributed by atoms with E-state index in [0.717, 1.165) is 18.0 Å². The van der Waals surface area contributed by atoms with Gasteiger partial charge in [0.15, 0.2) is 0 Å². The summed E-state index contributed by atoms with van der Waals surface area (Å²) in [6.45, 7) is 3.00. The molecule has 90 valence electrons. The van der Waals surface area contributed by atoms with Crippen LogP contribution in [0.5, 0.6) is 5.75 Å². The van der Waals surface area contributed by atoms with Crippen molar-refractivity contribution in [3.8, 4) is 5.75 Å². The van der Waals surface area contributed by atoms with Crippen LogP contribution in [0.4, 0.5) is 0 Å². The zero-order valence-corrected chi connectivity index (χ0v) is 10.8. The molecule has 0 radical (unpaired) electrons. The molecule has 0 aliphatic heterocycles. The molecule has 0 spiro atoms. The Balaban J connectivity index is 2.32. The van der Waals surface area contributed by atoms with Crippen molar-refractivity contribution in [1.82, 2.24) is 10.3 Å². The van der Waals surface area contributed by atoms with Gasteiger partial charge in [-0.25, -0.2) is 4.98 Å².